The molecule has 0 aromatic heterocycles. The van der Waals surface area contributed by atoms with Crippen LogP contribution in [-0.2, 0) is 9.47 Å². The molecule has 0 aliphatic carbocycles. The van der Waals surface area contributed by atoms with Crippen molar-refractivity contribution in [3.05, 3.63) is 59.1 Å². The molecule has 2 aliphatic rings. The van der Waals surface area contributed by atoms with Crippen molar-refractivity contribution in [2.75, 3.05) is 0 Å². The number of carbonyl (C=O) groups is 2. The summed E-state index contributed by atoms with van der Waals surface area (Å²) in [6, 6.07) is 6.39. The number of hydrogen-bond acceptors (Lipinski definition) is 6. The van der Waals surface area contributed by atoms with E-state index in [9.17, 15) is 9.59 Å². The molecule has 0 radical (unpaired) electrons. The molecular formula is C26H36N2O4. The Morgan fingerprint density at radius 2 is 0.969 bits per heavy atom. The highest BCUT2D eigenvalue weighted by Crippen LogP contribution is 2.30. The van der Waals surface area contributed by atoms with E-state index in [1.165, 1.54) is 0 Å². The Balaban J connectivity index is 1.67. The van der Waals surface area contributed by atoms with Crippen molar-refractivity contribution in [2.24, 2.45) is 0 Å². The maximum atomic E-state index is 12.7. The van der Waals surface area contributed by atoms with Gasteiger partial charge in [-0.2, -0.15) is 0 Å². The van der Waals surface area contributed by atoms with Crippen LogP contribution in [0.2, 0.25) is 0 Å². The Hall–Kier alpha value is -2.44. The van der Waals surface area contributed by atoms with Crippen molar-refractivity contribution >= 4 is 11.9 Å². The van der Waals surface area contributed by atoms with Crippen molar-refractivity contribution in [3.8, 4) is 0 Å². The summed E-state index contributed by atoms with van der Waals surface area (Å²) in [5.74, 6) is 0.425. The van der Waals surface area contributed by atoms with Crippen LogP contribution < -0.4 is 10.6 Å². The fourth-order valence-corrected chi connectivity index (χ4v) is 4.91. The molecule has 6 heteroatoms. The van der Waals surface area contributed by atoms with Gasteiger partial charge in [0.05, 0.1) is 11.1 Å². The van der Waals surface area contributed by atoms with Gasteiger partial charge in [0.15, 0.2) is 0 Å². The first kappa shape index (κ1) is 24.2. The van der Waals surface area contributed by atoms with Crippen molar-refractivity contribution in [1.29, 1.82) is 0 Å². The summed E-state index contributed by atoms with van der Waals surface area (Å²) in [5.41, 5.74) is -0.101. The fourth-order valence-electron chi connectivity index (χ4n) is 4.91. The maximum absolute atomic E-state index is 12.7. The van der Waals surface area contributed by atoms with Gasteiger partial charge in [-0.05, 0) is 91.8 Å². The SMILES string of the molecule is CC1(C)C=C(OC(=O)c2ccc(C(=O)OC3=CC(C)(C)NC(C)(C)C3)cc2)CC(C)(C)N1. The molecule has 0 spiro atoms. The molecule has 2 aliphatic heterocycles. The largest absolute Gasteiger partial charge is 0.428 e. The number of ether oxygens (including phenoxy) is 2. The van der Waals surface area contributed by atoms with Gasteiger partial charge in [0.1, 0.15) is 11.5 Å². The summed E-state index contributed by atoms with van der Waals surface area (Å²) >= 11 is 0. The topological polar surface area (TPSA) is 76.7 Å². The highest BCUT2D eigenvalue weighted by atomic mass is 16.5. The van der Waals surface area contributed by atoms with Gasteiger partial charge in [-0.1, -0.05) is 0 Å². The smallest absolute Gasteiger partial charge is 0.343 e. The highest BCUT2D eigenvalue weighted by Gasteiger charge is 2.35. The Morgan fingerprint density at radius 3 is 1.25 bits per heavy atom. The van der Waals surface area contributed by atoms with Crippen LogP contribution in [0.3, 0.4) is 0 Å². The molecule has 0 unspecified atom stereocenters. The van der Waals surface area contributed by atoms with Gasteiger partial charge in [-0.15, -0.1) is 0 Å². The summed E-state index contributed by atoms with van der Waals surface area (Å²) in [5, 5.41) is 7.02. The molecule has 6 nitrogen and oxygen atoms in total. The monoisotopic (exact) mass is 440 g/mol. The molecule has 0 saturated carbocycles. The second-order valence-corrected chi connectivity index (χ2v) is 11.4. The molecule has 0 saturated heterocycles. The van der Waals surface area contributed by atoms with Crippen LogP contribution in [-0.4, -0.2) is 34.1 Å². The third-order valence-electron chi connectivity index (χ3n) is 5.40. The summed E-state index contributed by atoms with van der Waals surface area (Å²) in [7, 11) is 0. The predicted octanol–water partition coefficient (Wildman–Crippen LogP) is 4.87. The van der Waals surface area contributed by atoms with E-state index in [4.69, 9.17) is 9.47 Å². The van der Waals surface area contributed by atoms with Crippen molar-refractivity contribution in [3.63, 3.8) is 0 Å². The first-order valence-corrected chi connectivity index (χ1v) is 11.1. The molecule has 0 atom stereocenters. The van der Waals surface area contributed by atoms with Gasteiger partial charge in [0.2, 0.25) is 0 Å². The fraction of sp³-hybridized carbons (Fsp3) is 0.538. The zero-order valence-corrected chi connectivity index (χ0v) is 20.5. The zero-order chi connectivity index (χ0) is 23.9. The second-order valence-electron chi connectivity index (χ2n) is 11.4. The van der Waals surface area contributed by atoms with E-state index in [0.717, 1.165) is 0 Å². The predicted molar refractivity (Wildman–Crippen MR) is 125 cm³/mol. The van der Waals surface area contributed by atoms with E-state index < -0.39 is 11.9 Å². The molecule has 2 heterocycles. The molecule has 0 fully saturated rings. The van der Waals surface area contributed by atoms with Crippen LogP contribution in [0.4, 0.5) is 0 Å². The van der Waals surface area contributed by atoms with Gasteiger partial charge < -0.3 is 20.1 Å². The number of carbonyl (C=O) groups excluding carboxylic acids is 2. The third-order valence-corrected chi connectivity index (χ3v) is 5.40. The van der Waals surface area contributed by atoms with Crippen LogP contribution in [0.15, 0.2) is 47.9 Å². The number of rotatable bonds is 4. The summed E-state index contributed by atoms with van der Waals surface area (Å²) in [6.45, 7) is 16.5. The highest BCUT2D eigenvalue weighted by molar-refractivity contribution is 5.94. The first-order chi connectivity index (χ1) is 14.5. The minimum absolute atomic E-state index is 0.173. The molecule has 2 N–H and O–H groups in total. The molecular weight excluding hydrogens is 404 g/mol. The van der Waals surface area contributed by atoms with Crippen LogP contribution in [0.5, 0.6) is 0 Å². The van der Waals surface area contributed by atoms with E-state index in [2.05, 4.69) is 38.3 Å². The Kier molecular flexibility index (Phi) is 6.17. The van der Waals surface area contributed by atoms with E-state index >= 15 is 0 Å². The maximum Gasteiger partial charge on any atom is 0.343 e. The number of benzene rings is 1. The van der Waals surface area contributed by atoms with Crippen LogP contribution in [0.1, 0.15) is 88.9 Å². The zero-order valence-electron chi connectivity index (χ0n) is 20.5. The van der Waals surface area contributed by atoms with E-state index in [1.807, 2.05) is 39.8 Å². The molecule has 32 heavy (non-hydrogen) atoms. The average molecular weight is 441 g/mol. The van der Waals surface area contributed by atoms with Crippen molar-refractivity contribution in [1.82, 2.24) is 10.6 Å². The summed E-state index contributed by atoms with van der Waals surface area (Å²) in [4.78, 5) is 25.3. The third kappa shape index (κ3) is 6.30. The first-order valence-electron chi connectivity index (χ1n) is 11.1. The average Bonchev–Trinajstić information content (AvgIpc) is 2.56. The minimum Gasteiger partial charge on any atom is -0.428 e. The molecule has 1 aromatic carbocycles. The Morgan fingerprint density at radius 1 is 0.656 bits per heavy atom. The van der Waals surface area contributed by atoms with Crippen molar-refractivity contribution < 1.29 is 19.1 Å². The number of nitrogens with one attached hydrogen (secondary N) is 2. The molecule has 0 amide bonds. The molecule has 0 bridgehead atoms. The van der Waals surface area contributed by atoms with Crippen LogP contribution >= 0.6 is 0 Å². The minimum atomic E-state index is -0.436. The molecule has 174 valence electrons. The number of hydrogen-bond donors (Lipinski definition) is 2. The Labute approximate surface area is 191 Å². The standard InChI is InChI=1S/C26H36N2O4/c1-23(2)13-19(14-24(3,4)27-23)31-21(29)17-9-11-18(12-10-17)22(30)32-20-15-25(5,6)28-26(7,8)16-20/h9-13,15,27-28H,14,16H2,1-8H3. The normalized spacial score (nSPS) is 22.9. The number of esters is 2. The summed E-state index contributed by atoms with van der Waals surface area (Å²) < 4.78 is 11.3. The van der Waals surface area contributed by atoms with Gasteiger partial charge in [-0.25, -0.2) is 9.59 Å². The van der Waals surface area contributed by atoms with Gasteiger partial charge >= 0.3 is 11.9 Å². The van der Waals surface area contributed by atoms with Gasteiger partial charge in [-0.3, -0.25) is 0 Å². The lowest BCUT2D eigenvalue weighted by atomic mass is 9.87. The van der Waals surface area contributed by atoms with Gasteiger partial charge in [0, 0.05) is 35.0 Å². The quantitative estimate of drug-likeness (QED) is 0.651. The lowest BCUT2D eigenvalue weighted by molar-refractivity contribution is 0.0564. The van der Waals surface area contributed by atoms with Crippen molar-refractivity contribution in [2.45, 2.75) is 90.4 Å². The lowest BCUT2D eigenvalue weighted by Crippen LogP contribution is -2.54. The van der Waals surface area contributed by atoms with E-state index in [1.54, 1.807) is 24.3 Å². The second kappa shape index (κ2) is 8.16. The molecule has 1 aromatic rings. The van der Waals surface area contributed by atoms with Crippen LogP contribution in [0.25, 0.3) is 0 Å². The van der Waals surface area contributed by atoms with E-state index in [-0.39, 0.29) is 22.2 Å². The lowest BCUT2D eigenvalue weighted by Gasteiger charge is -2.40. The van der Waals surface area contributed by atoms with E-state index in [0.29, 0.717) is 35.5 Å². The molecule has 3 rings (SSSR count). The van der Waals surface area contributed by atoms with Crippen LogP contribution in [0, 0.1) is 0 Å². The van der Waals surface area contributed by atoms with Gasteiger partial charge in [0.25, 0.3) is 0 Å². The summed E-state index contributed by atoms with van der Waals surface area (Å²) in [6.07, 6.45) is 5.11. The Bertz CT molecular complexity index is 887.